The topological polar surface area (TPSA) is 35.5 Å². The number of anilines is 1. The van der Waals surface area contributed by atoms with E-state index in [1.165, 1.54) is 11.3 Å². The van der Waals surface area contributed by atoms with Crippen molar-refractivity contribution in [3.63, 3.8) is 0 Å². The van der Waals surface area contributed by atoms with Crippen molar-refractivity contribution < 1.29 is 5.11 Å². The van der Waals surface area contributed by atoms with Crippen LogP contribution in [0.3, 0.4) is 0 Å². The average Bonchev–Trinajstić information content (AvgIpc) is 2.57. The van der Waals surface area contributed by atoms with Crippen LogP contribution in [0.1, 0.15) is 12.0 Å². The lowest BCUT2D eigenvalue weighted by Crippen LogP contribution is -2.42. The second-order valence-electron chi connectivity index (χ2n) is 4.52. The first-order valence-electron chi connectivity index (χ1n) is 6.06. The molecule has 0 bridgehead atoms. The van der Waals surface area contributed by atoms with Crippen LogP contribution < -0.4 is 10.2 Å². The molecule has 0 aromatic heterocycles. The Hall–Kier alpha value is -0.580. The molecule has 0 amide bonds. The average molecular weight is 299 g/mol. The van der Waals surface area contributed by atoms with Crippen LogP contribution in [0.4, 0.5) is 5.69 Å². The molecule has 1 aromatic carbocycles. The van der Waals surface area contributed by atoms with E-state index in [0.717, 1.165) is 30.5 Å². The summed E-state index contributed by atoms with van der Waals surface area (Å²) in [6, 6.07) is 6.55. The molecule has 1 aromatic rings. The fourth-order valence-corrected chi connectivity index (χ4v) is 2.49. The number of aliphatic hydroxyl groups excluding tert-OH is 1. The Kier molecular flexibility index (Phi) is 4.42. The van der Waals surface area contributed by atoms with Crippen molar-refractivity contribution in [3.8, 4) is 0 Å². The van der Waals surface area contributed by atoms with Gasteiger partial charge in [0.25, 0.3) is 0 Å². The Morgan fingerprint density at radius 1 is 1.53 bits per heavy atom. The molecule has 0 radical (unpaired) electrons. The summed E-state index contributed by atoms with van der Waals surface area (Å²) in [4.78, 5) is 2.31. The fraction of sp³-hybridized carbons (Fsp3) is 0.538. The summed E-state index contributed by atoms with van der Waals surface area (Å²) in [5, 5.41) is 12.8. The highest BCUT2D eigenvalue weighted by molar-refractivity contribution is 9.10. The van der Waals surface area contributed by atoms with Crippen molar-refractivity contribution in [3.05, 3.63) is 28.2 Å². The van der Waals surface area contributed by atoms with Gasteiger partial charge in [-0.05, 0) is 43.7 Å². The summed E-state index contributed by atoms with van der Waals surface area (Å²) in [5.74, 6) is 0. The summed E-state index contributed by atoms with van der Waals surface area (Å²) in [6.45, 7) is 5.17. The molecule has 0 saturated carbocycles. The molecule has 0 aliphatic carbocycles. The molecule has 2 N–H and O–H groups in total. The summed E-state index contributed by atoms with van der Waals surface area (Å²) in [6.07, 6.45) is 1.12. The number of aliphatic hydroxyl groups is 1. The molecule has 2 rings (SSSR count). The third-order valence-electron chi connectivity index (χ3n) is 3.26. The molecule has 1 fully saturated rings. The van der Waals surface area contributed by atoms with Gasteiger partial charge in [0, 0.05) is 23.2 Å². The minimum atomic E-state index is 0.179. The Bertz CT molecular complexity index is 384. The van der Waals surface area contributed by atoms with E-state index >= 15 is 0 Å². The molecule has 1 aliphatic rings. The van der Waals surface area contributed by atoms with Gasteiger partial charge in [0.2, 0.25) is 0 Å². The number of halogens is 1. The predicted octanol–water partition coefficient (Wildman–Crippen LogP) is 1.92. The van der Waals surface area contributed by atoms with Crippen LogP contribution in [-0.4, -0.2) is 37.4 Å². The standard InChI is InChI=1S/C13H19BrN2O/c1-10-7-11(3-4-13(10)14)16-6-2-5-15-8-12(16)9-17/h3-4,7,12,15,17H,2,5-6,8-9H2,1H3. The first-order valence-corrected chi connectivity index (χ1v) is 6.86. The minimum Gasteiger partial charge on any atom is -0.394 e. The Morgan fingerprint density at radius 3 is 3.06 bits per heavy atom. The smallest absolute Gasteiger partial charge is 0.0647 e. The second-order valence-corrected chi connectivity index (χ2v) is 5.38. The van der Waals surface area contributed by atoms with E-state index in [2.05, 4.69) is 51.3 Å². The maximum atomic E-state index is 9.48. The number of nitrogens with one attached hydrogen (secondary N) is 1. The van der Waals surface area contributed by atoms with Gasteiger partial charge in [0.05, 0.1) is 12.6 Å². The molecule has 1 unspecified atom stereocenters. The first kappa shape index (κ1) is 12.9. The van der Waals surface area contributed by atoms with Crippen LogP contribution in [0.2, 0.25) is 0 Å². The van der Waals surface area contributed by atoms with Gasteiger partial charge in [0.1, 0.15) is 0 Å². The van der Waals surface area contributed by atoms with E-state index < -0.39 is 0 Å². The van der Waals surface area contributed by atoms with Crippen LogP contribution in [0.15, 0.2) is 22.7 Å². The molecule has 94 valence electrons. The molecule has 1 aliphatic heterocycles. The first-order chi connectivity index (χ1) is 8.22. The Labute approximate surface area is 111 Å². The molecular weight excluding hydrogens is 280 g/mol. The number of hydrogen-bond acceptors (Lipinski definition) is 3. The lowest BCUT2D eigenvalue weighted by atomic mass is 10.1. The number of hydrogen-bond donors (Lipinski definition) is 2. The van der Waals surface area contributed by atoms with Crippen LogP contribution in [0.5, 0.6) is 0 Å². The van der Waals surface area contributed by atoms with Crippen LogP contribution >= 0.6 is 15.9 Å². The van der Waals surface area contributed by atoms with Crippen molar-refractivity contribution in [2.24, 2.45) is 0 Å². The zero-order chi connectivity index (χ0) is 12.3. The van der Waals surface area contributed by atoms with Gasteiger partial charge in [-0.25, -0.2) is 0 Å². The quantitative estimate of drug-likeness (QED) is 0.876. The van der Waals surface area contributed by atoms with Crippen LogP contribution in [0, 0.1) is 6.92 Å². The number of nitrogens with zero attached hydrogens (tertiary/aromatic N) is 1. The van der Waals surface area contributed by atoms with E-state index in [4.69, 9.17) is 0 Å². The lowest BCUT2D eigenvalue weighted by Gasteiger charge is -2.30. The number of aryl methyl sites for hydroxylation is 1. The van der Waals surface area contributed by atoms with Gasteiger partial charge in [0.15, 0.2) is 0 Å². The second kappa shape index (κ2) is 5.85. The summed E-state index contributed by atoms with van der Waals surface area (Å²) < 4.78 is 1.13. The third kappa shape index (κ3) is 3.00. The zero-order valence-corrected chi connectivity index (χ0v) is 11.7. The molecule has 1 saturated heterocycles. The molecule has 4 heteroatoms. The van der Waals surface area contributed by atoms with Gasteiger partial charge in [-0.2, -0.15) is 0 Å². The number of rotatable bonds is 2. The van der Waals surface area contributed by atoms with Gasteiger partial charge in [-0.1, -0.05) is 15.9 Å². The van der Waals surface area contributed by atoms with E-state index in [-0.39, 0.29) is 12.6 Å². The highest BCUT2D eigenvalue weighted by Crippen LogP contribution is 2.25. The zero-order valence-electron chi connectivity index (χ0n) is 10.1. The van der Waals surface area contributed by atoms with E-state index in [1.807, 2.05) is 0 Å². The van der Waals surface area contributed by atoms with Crippen molar-refractivity contribution in [2.75, 3.05) is 31.1 Å². The molecule has 0 spiro atoms. The van der Waals surface area contributed by atoms with Gasteiger partial charge in [-0.15, -0.1) is 0 Å². The minimum absolute atomic E-state index is 0.179. The van der Waals surface area contributed by atoms with Crippen molar-refractivity contribution in [2.45, 2.75) is 19.4 Å². The fourth-order valence-electron chi connectivity index (χ4n) is 2.25. The lowest BCUT2D eigenvalue weighted by molar-refractivity contribution is 0.260. The highest BCUT2D eigenvalue weighted by Gasteiger charge is 2.20. The van der Waals surface area contributed by atoms with Gasteiger partial charge < -0.3 is 15.3 Å². The van der Waals surface area contributed by atoms with Crippen LogP contribution in [-0.2, 0) is 0 Å². The van der Waals surface area contributed by atoms with Gasteiger partial charge >= 0.3 is 0 Å². The maximum absolute atomic E-state index is 9.48. The van der Waals surface area contributed by atoms with Gasteiger partial charge in [-0.3, -0.25) is 0 Å². The molecule has 1 heterocycles. The van der Waals surface area contributed by atoms with Crippen LogP contribution in [0.25, 0.3) is 0 Å². The largest absolute Gasteiger partial charge is 0.394 e. The SMILES string of the molecule is Cc1cc(N2CCCNCC2CO)ccc1Br. The van der Waals surface area contributed by atoms with Crippen molar-refractivity contribution >= 4 is 21.6 Å². The normalized spacial score (nSPS) is 21.4. The summed E-state index contributed by atoms with van der Waals surface area (Å²) >= 11 is 3.52. The molecule has 1 atom stereocenters. The Balaban J connectivity index is 2.25. The molecular formula is C13H19BrN2O. The molecule has 17 heavy (non-hydrogen) atoms. The number of benzene rings is 1. The molecule has 3 nitrogen and oxygen atoms in total. The highest BCUT2D eigenvalue weighted by atomic mass is 79.9. The monoisotopic (exact) mass is 298 g/mol. The predicted molar refractivity (Wildman–Crippen MR) is 74.6 cm³/mol. The summed E-state index contributed by atoms with van der Waals surface area (Å²) in [7, 11) is 0. The van der Waals surface area contributed by atoms with E-state index in [9.17, 15) is 5.11 Å². The maximum Gasteiger partial charge on any atom is 0.0647 e. The van der Waals surface area contributed by atoms with Crippen molar-refractivity contribution in [1.82, 2.24) is 5.32 Å². The summed E-state index contributed by atoms with van der Waals surface area (Å²) in [5.41, 5.74) is 2.44. The third-order valence-corrected chi connectivity index (χ3v) is 4.15. The Morgan fingerprint density at radius 2 is 2.35 bits per heavy atom. The van der Waals surface area contributed by atoms with E-state index in [0.29, 0.717) is 0 Å². The van der Waals surface area contributed by atoms with Crippen molar-refractivity contribution in [1.29, 1.82) is 0 Å². The van der Waals surface area contributed by atoms with E-state index in [1.54, 1.807) is 0 Å².